The number of benzene rings is 2. The van der Waals surface area contributed by atoms with Gasteiger partial charge in [-0.05, 0) is 56.2 Å². The van der Waals surface area contributed by atoms with E-state index in [-0.39, 0.29) is 10.8 Å². The highest BCUT2D eigenvalue weighted by molar-refractivity contribution is 7.89. The van der Waals surface area contributed by atoms with Crippen LogP contribution in [0.4, 0.5) is 11.4 Å². The summed E-state index contributed by atoms with van der Waals surface area (Å²) in [4.78, 5) is 23.7. The number of nitrogens with one attached hydrogen (secondary N) is 3. The molecule has 1 heterocycles. The second-order valence-corrected chi connectivity index (χ2v) is 9.74. The molecule has 0 radical (unpaired) electrons. The van der Waals surface area contributed by atoms with Crippen molar-refractivity contribution in [1.29, 1.82) is 0 Å². The average molecular weight is 460 g/mol. The van der Waals surface area contributed by atoms with Crippen LogP contribution in [0.1, 0.15) is 39.5 Å². The Hall–Kier alpha value is -3.11. The smallest absolute Gasteiger partial charge is 0.251 e. The van der Waals surface area contributed by atoms with Crippen molar-refractivity contribution in [3.05, 3.63) is 42.5 Å². The van der Waals surface area contributed by atoms with Crippen LogP contribution < -0.4 is 24.8 Å². The third-order valence-electron chi connectivity index (χ3n) is 5.38. The largest absolute Gasteiger partial charge is 0.448 e. The lowest BCUT2D eigenvalue weighted by Crippen LogP contribution is -2.41. The second-order valence-electron chi connectivity index (χ2n) is 8.02. The van der Waals surface area contributed by atoms with Gasteiger partial charge in [0.2, 0.25) is 21.8 Å². The van der Waals surface area contributed by atoms with Crippen molar-refractivity contribution in [3.8, 4) is 11.5 Å². The Kier molecular flexibility index (Phi) is 5.83. The van der Waals surface area contributed by atoms with Gasteiger partial charge in [-0.2, -0.15) is 4.72 Å². The molecule has 10 heteroatoms. The minimum atomic E-state index is -3.94. The van der Waals surface area contributed by atoms with Crippen molar-refractivity contribution in [2.45, 2.75) is 56.3 Å². The molecule has 0 bridgehead atoms. The Labute approximate surface area is 186 Å². The van der Waals surface area contributed by atoms with E-state index in [2.05, 4.69) is 15.4 Å². The van der Waals surface area contributed by atoms with Gasteiger partial charge in [0.05, 0.1) is 10.9 Å². The van der Waals surface area contributed by atoms with Gasteiger partial charge >= 0.3 is 0 Å². The monoisotopic (exact) mass is 459 g/mol. The molecule has 0 aromatic heterocycles. The quantitative estimate of drug-likeness (QED) is 0.610. The molecule has 2 amide bonds. The van der Waals surface area contributed by atoms with E-state index in [1.807, 2.05) is 0 Å². The molecule has 2 aromatic rings. The summed E-state index contributed by atoms with van der Waals surface area (Å²) >= 11 is 0. The van der Waals surface area contributed by atoms with E-state index in [0.29, 0.717) is 22.9 Å². The van der Waals surface area contributed by atoms with Crippen LogP contribution in [0.25, 0.3) is 0 Å². The maximum atomic E-state index is 12.6. The van der Waals surface area contributed by atoms with E-state index >= 15 is 0 Å². The molecule has 170 valence electrons. The van der Waals surface area contributed by atoms with Gasteiger partial charge in [-0.3, -0.25) is 9.59 Å². The molecule has 0 saturated heterocycles. The first-order valence-corrected chi connectivity index (χ1v) is 11.9. The minimum Gasteiger partial charge on any atom is -0.448 e. The maximum Gasteiger partial charge on any atom is 0.251 e. The van der Waals surface area contributed by atoms with Crippen LogP contribution >= 0.6 is 0 Å². The zero-order valence-electron chi connectivity index (χ0n) is 17.8. The lowest BCUT2D eigenvalue weighted by molar-refractivity contribution is -0.117. The summed E-state index contributed by atoms with van der Waals surface area (Å²) in [7, 11) is -3.94. The summed E-state index contributed by atoms with van der Waals surface area (Å²) in [5, 5.41) is 5.27. The van der Waals surface area contributed by atoms with Gasteiger partial charge < -0.3 is 20.1 Å². The lowest BCUT2D eigenvalue weighted by Gasteiger charge is -2.21. The molecular formula is C22H25N3O6S. The van der Waals surface area contributed by atoms with Crippen LogP contribution in [-0.4, -0.2) is 32.1 Å². The van der Waals surface area contributed by atoms with Gasteiger partial charge in [0, 0.05) is 37.2 Å². The number of carbonyl (C=O) groups is 2. The number of sulfonamides is 1. The van der Waals surface area contributed by atoms with Crippen LogP contribution in [0.3, 0.4) is 0 Å². The highest BCUT2D eigenvalue weighted by atomic mass is 32.2. The van der Waals surface area contributed by atoms with Crippen molar-refractivity contribution >= 4 is 33.2 Å². The van der Waals surface area contributed by atoms with Crippen molar-refractivity contribution < 1.29 is 27.5 Å². The molecule has 32 heavy (non-hydrogen) atoms. The summed E-state index contributed by atoms with van der Waals surface area (Å²) in [6.07, 6.45) is 3.75. The predicted molar refractivity (Wildman–Crippen MR) is 118 cm³/mol. The second kappa shape index (κ2) is 8.44. The van der Waals surface area contributed by atoms with Gasteiger partial charge in [-0.25, -0.2) is 8.42 Å². The fourth-order valence-corrected chi connectivity index (χ4v) is 5.02. The van der Waals surface area contributed by atoms with Gasteiger partial charge in [-0.15, -0.1) is 0 Å². The van der Waals surface area contributed by atoms with Crippen LogP contribution in [0.5, 0.6) is 11.5 Å². The molecule has 1 saturated carbocycles. The van der Waals surface area contributed by atoms with Gasteiger partial charge in [0.25, 0.3) is 5.79 Å². The zero-order valence-corrected chi connectivity index (χ0v) is 18.6. The molecular weight excluding hydrogens is 434 g/mol. The molecule has 1 aliphatic carbocycles. The summed E-state index contributed by atoms with van der Waals surface area (Å²) in [6.45, 7) is 2.82. The average Bonchev–Trinajstić information content (AvgIpc) is 3.33. The lowest BCUT2D eigenvalue weighted by atomic mass is 10.2. The summed E-state index contributed by atoms with van der Waals surface area (Å²) < 4.78 is 39.5. The first-order chi connectivity index (χ1) is 15.2. The highest BCUT2D eigenvalue weighted by Crippen LogP contribution is 2.47. The Morgan fingerprint density at radius 2 is 1.56 bits per heavy atom. The van der Waals surface area contributed by atoms with Crippen molar-refractivity contribution in [1.82, 2.24) is 4.72 Å². The SMILES string of the molecule is CC(=O)Nc1ccc(S(=O)(=O)N[C@@H](C)C(=O)Nc2ccc3c(c2)OC2(CCCC2)O3)cc1. The zero-order chi connectivity index (χ0) is 22.9. The molecule has 9 nitrogen and oxygen atoms in total. The van der Waals surface area contributed by atoms with E-state index in [1.54, 1.807) is 18.2 Å². The standard InChI is InChI=1S/C22H25N3O6S/c1-14(25-32(28,29)18-8-5-16(6-9-18)23-15(2)26)21(27)24-17-7-10-19-20(13-17)31-22(30-19)11-3-4-12-22/h5-10,13-14,25H,3-4,11-12H2,1-2H3,(H,23,26)(H,24,27)/t14-/m0/s1. The summed E-state index contributed by atoms with van der Waals surface area (Å²) in [5.74, 6) is -0.161. The number of rotatable bonds is 6. The van der Waals surface area contributed by atoms with E-state index < -0.39 is 27.8 Å². The third kappa shape index (κ3) is 4.71. The molecule has 1 fully saturated rings. The fraction of sp³-hybridized carbons (Fsp3) is 0.364. The molecule has 3 N–H and O–H groups in total. The van der Waals surface area contributed by atoms with E-state index in [0.717, 1.165) is 25.7 Å². The molecule has 2 aromatic carbocycles. The maximum absolute atomic E-state index is 12.6. The first kappa shape index (κ1) is 22.1. The normalized spacial score (nSPS) is 17.2. The Balaban J connectivity index is 1.38. The molecule has 0 unspecified atom stereocenters. The van der Waals surface area contributed by atoms with E-state index in [1.165, 1.54) is 38.1 Å². The van der Waals surface area contributed by atoms with Crippen molar-refractivity contribution in [3.63, 3.8) is 0 Å². The third-order valence-corrected chi connectivity index (χ3v) is 6.94. The topological polar surface area (TPSA) is 123 Å². The Morgan fingerprint density at radius 3 is 2.22 bits per heavy atom. The number of hydrogen-bond donors (Lipinski definition) is 3. The fourth-order valence-electron chi connectivity index (χ4n) is 3.81. The van der Waals surface area contributed by atoms with Crippen LogP contribution in [0, 0.1) is 0 Å². The number of hydrogen-bond acceptors (Lipinski definition) is 6. The molecule has 1 atom stereocenters. The Morgan fingerprint density at radius 1 is 0.938 bits per heavy atom. The number of fused-ring (bicyclic) bond motifs is 1. The predicted octanol–water partition coefficient (Wildman–Crippen LogP) is 2.99. The van der Waals surface area contributed by atoms with Crippen LogP contribution in [0.2, 0.25) is 0 Å². The number of anilines is 2. The highest BCUT2D eigenvalue weighted by Gasteiger charge is 2.44. The molecule has 1 aliphatic heterocycles. The van der Waals surface area contributed by atoms with E-state index in [9.17, 15) is 18.0 Å². The summed E-state index contributed by atoms with van der Waals surface area (Å²) in [6, 6.07) is 9.75. The van der Waals surface area contributed by atoms with E-state index in [4.69, 9.17) is 9.47 Å². The van der Waals surface area contributed by atoms with Gasteiger partial charge in [0.15, 0.2) is 11.5 Å². The van der Waals surface area contributed by atoms with Crippen LogP contribution in [0.15, 0.2) is 47.4 Å². The molecule has 4 rings (SSSR count). The Bertz CT molecular complexity index is 1140. The minimum absolute atomic E-state index is 0.0174. The first-order valence-electron chi connectivity index (χ1n) is 10.4. The summed E-state index contributed by atoms with van der Waals surface area (Å²) in [5.41, 5.74) is 0.961. The number of amides is 2. The van der Waals surface area contributed by atoms with Gasteiger partial charge in [-0.1, -0.05) is 0 Å². The van der Waals surface area contributed by atoms with Crippen molar-refractivity contribution in [2.24, 2.45) is 0 Å². The molecule has 2 aliphatic rings. The van der Waals surface area contributed by atoms with Crippen LogP contribution in [-0.2, 0) is 19.6 Å². The number of ether oxygens (including phenoxy) is 2. The van der Waals surface area contributed by atoms with Crippen molar-refractivity contribution in [2.75, 3.05) is 10.6 Å². The molecule has 1 spiro atoms. The van der Waals surface area contributed by atoms with Gasteiger partial charge in [0.1, 0.15) is 0 Å². The number of carbonyl (C=O) groups excluding carboxylic acids is 2.